The number of fused-ring (bicyclic) bond motifs is 3. The Morgan fingerprint density at radius 1 is 1.23 bits per heavy atom. The molecule has 0 aliphatic heterocycles. The van der Waals surface area contributed by atoms with Gasteiger partial charge in [0.15, 0.2) is 12.3 Å². The summed E-state index contributed by atoms with van der Waals surface area (Å²) in [6, 6.07) is 13.3. The molecule has 0 aliphatic rings. The summed E-state index contributed by atoms with van der Waals surface area (Å²) in [6.45, 7) is 3.91. The first-order valence-corrected chi connectivity index (χ1v) is 9.43. The first kappa shape index (κ1) is 19.3. The zero-order valence-electron chi connectivity index (χ0n) is 16.5. The molecule has 2 aromatic carbocycles. The lowest BCUT2D eigenvalue weighted by Crippen LogP contribution is -2.15. The molecule has 0 radical (unpaired) electrons. The number of aromatic amines is 1. The Balaban J connectivity index is 1.49. The average molecular weight is 404 g/mol. The molecule has 4 rings (SSSR count). The van der Waals surface area contributed by atoms with Crippen LogP contribution in [0, 0.1) is 6.92 Å². The first-order chi connectivity index (χ1) is 14.6. The van der Waals surface area contributed by atoms with Crippen LogP contribution < -0.4 is 10.2 Å². The van der Waals surface area contributed by atoms with Gasteiger partial charge in [0.05, 0.1) is 12.8 Å². The number of para-hydroxylation sites is 1. The van der Waals surface area contributed by atoms with Crippen molar-refractivity contribution in [3.63, 3.8) is 0 Å². The van der Waals surface area contributed by atoms with Crippen molar-refractivity contribution >= 4 is 40.2 Å². The highest BCUT2D eigenvalue weighted by Crippen LogP contribution is 2.23. The Bertz CT molecular complexity index is 1230. The first-order valence-electron chi connectivity index (χ1n) is 9.43. The molecule has 152 valence electrons. The topological polar surface area (TPSA) is 114 Å². The third-order valence-electron chi connectivity index (χ3n) is 4.31. The molecule has 2 N–H and O–H groups in total. The Morgan fingerprint density at radius 3 is 2.97 bits per heavy atom. The number of benzene rings is 2. The molecule has 0 amide bonds. The molecule has 0 fully saturated rings. The lowest BCUT2D eigenvalue weighted by molar-refractivity contribution is -0.145. The zero-order valence-corrected chi connectivity index (χ0v) is 16.5. The number of hydrazone groups is 1. The van der Waals surface area contributed by atoms with E-state index in [0.717, 1.165) is 16.5 Å². The van der Waals surface area contributed by atoms with E-state index in [4.69, 9.17) is 9.47 Å². The minimum atomic E-state index is -0.427. The van der Waals surface area contributed by atoms with Crippen molar-refractivity contribution in [2.24, 2.45) is 5.10 Å². The molecular weight excluding hydrogens is 384 g/mol. The summed E-state index contributed by atoms with van der Waals surface area (Å²) < 4.78 is 10.4. The minimum Gasteiger partial charge on any atom is -0.481 e. The van der Waals surface area contributed by atoms with Crippen molar-refractivity contribution in [1.82, 2.24) is 20.2 Å². The third-order valence-corrected chi connectivity index (χ3v) is 4.31. The fraction of sp³-hybridized carbons (Fsp3) is 0.190. The van der Waals surface area contributed by atoms with E-state index in [-0.39, 0.29) is 12.6 Å². The quantitative estimate of drug-likeness (QED) is 0.276. The fourth-order valence-electron chi connectivity index (χ4n) is 2.95. The second-order valence-electron chi connectivity index (χ2n) is 6.51. The van der Waals surface area contributed by atoms with Gasteiger partial charge in [0.2, 0.25) is 0 Å². The molecule has 2 heterocycles. The minimum absolute atomic E-state index is 0.171. The van der Waals surface area contributed by atoms with Crippen molar-refractivity contribution < 1.29 is 14.3 Å². The van der Waals surface area contributed by atoms with E-state index in [1.54, 1.807) is 19.2 Å². The van der Waals surface area contributed by atoms with Crippen molar-refractivity contribution in [3.8, 4) is 5.75 Å². The van der Waals surface area contributed by atoms with Crippen molar-refractivity contribution in [2.75, 3.05) is 18.6 Å². The number of rotatable bonds is 7. The van der Waals surface area contributed by atoms with Crippen LogP contribution in [0.4, 0.5) is 5.95 Å². The Morgan fingerprint density at radius 2 is 2.10 bits per heavy atom. The summed E-state index contributed by atoms with van der Waals surface area (Å²) in [5, 5.41) is 13.5. The molecular formula is C21H20N6O3. The Hall–Kier alpha value is -4.01. The van der Waals surface area contributed by atoms with Gasteiger partial charge in [-0.1, -0.05) is 23.8 Å². The number of ether oxygens (including phenoxy) is 2. The highest BCUT2D eigenvalue weighted by atomic mass is 16.6. The summed E-state index contributed by atoms with van der Waals surface area (Å²) in [5.41, 5.74) is 6.88. The largest absolute Gasteiger partial charge is 0.481 e. The van der Waals surface area contributed by atoms with Gasteiger partial charge >= 0.3 is 5.97 Å². The second-order valence-corrected chi connectivity index (χ2v) is 6.51. The van der Waals surface area contributed by atoms with Crippen LogP contribution in [0.25, 0.3) is 22.1 Å². The predicted molar refractivity (Wildman–Crippen MR) is 114 cm³/mol. The summed E-state index contributed by atoms with van der Waals surface area (Å²) in [6.07, 6.45) is 1.56. The van der Waals surface area contributed by atoms with Crippen molar-refractivity contribution in [1.29, 1.82) is 0 Å². The molecule has 0 saturated carbocycles. The lowest BCUT2D eigenvalue weighted by atomic mass is 10.2. The van der Waals surface area contributed by atoms with Gasteiger partial charge in [0, 0.05) is 16.5 Å². The third kappa shape index (κ3) is 4.19. The molecule has 0 spiro atoms. The van der Waals surface area contributed by atoms with Gasteiger partial charge < -0.3 is 14.5 Å². The molecule has 30 heavy (non-hydrogen) atoms. The summed E-state index contributed by atoms with van der Waals surface area (Å²) in [5.74, 6) is 0.340. The van der Waals surface area contributed by atoms with Crippen LogP contribution in [-0.4, -0.2) is 45.6 Å². The Kier molecular flexibility index (Phi) is 5.51. The van der Waals surface area contributed by atoms with Gasteiger partial charge in [-0.15, -0.1) is 10.2 Å². The van der Waals surface area contributed by atoms with Crippen molar-refractivity contribution in [3.05, 3.63) is 53.6 Å². The molecule has 0 saturated heterocycles. The molecule has 0 atom stereocenters. The number of carbonyl (C=O) groups is 1. The van der Waals surface area contributed by atoms with Crippen LogP contribution in [0.2, 0.25) is 0 Å². The molecule has 0 aliphatic carbocycles. The number of aromatic nitrogens is 4. The lowest BCUT2D eigenvalue weighted by Gasteiger charge is -2.08. The number of aryl methyl sites for hydroxylation is 1. The fourth-order valence-corrected chi connectivity index (χ4v) is 2.95. The SMILES string of the molecule is CCOC(=O)COc1ccccc1/C=N\Nc1nnc2c(n1)[nH]c1ccc(C)cc12. The highest BCUT2D eigenvalue weighted by molar-refractivity contribution is 6.03. The van der Waals surface area contributed by atoms with Crippen molar-refractivity contribution in [2.45, 2.75) is 13.8 Å². The molecule has 0 bridgehead atoms. The molecule has 2 aromatic heterocycles. The van der Waals surface area contributed by atoms with Gasteiger partial charge in [-0.3, -0.25) is 0 Å². The van der Waals surface area contributed by atoms with E-state index in [1.807, 2.05) is 43.3 Å². The molecule has 9 heteroatoms. The van der Waals surface area contributed by atoms with E-state index in [0.29, 0.717) is 29.1 Å². The van der Waals surface area contributed by atoms with Gasteiger partial charge in [0.1, 0.15) is 11.3 Å². The summed E-state index contributed by atoms with van der Waals surface area (Å²) in [4.78, 5) is 19.2. The summed E-state index contributed by atoms with van der Waals surface area (Å²) >= 11 is 0. The van der Waals surface area contributed by atoms with Crippen LogP contribution in [0.5, 0.6) is 5.75 Å². The predicted octanol–water partition coefficient (Wildman–Crippen LogP) is 3.20. The number of hydrogen-bond acceptors (Lipinski definition) is 8. The maximum atomic E-state index is 11.5. The highest BCUT2D eigenvalue weighted by Gasteiger charge is 2.09. The number of carbonyl (C=O) groups excluding carboxylic acids is 1. The number of nitrogens with one attached hydrogen (secondary N) is 2. The van der Waals surface area contributed by atoms with E-state index >= 15 is 0 Å². The standard InChI is InChI=1S/C21H20N6O3/c1-3-29-18(28)12-30-17-7-5-4-6-14(17)11-22-26-21-24-20-19(25-27-21)15-10-13(2)8-9-16(15)23-20/h4-11H,3,12H2,1-2H3,(H2,23,24,26,27)/b22-11-. The monoisotopic (exact) mass is 404 g/mol. The maximum absolute atomic E-state index is 11.5. The Labute approximate surface area is 172 Å². The van der Waals surface area contributed by atoms with Crippen LogP contribution in [0.3, 0.4) is 0 Å². The van der Waals surface area contributed by atoms with Crippen LogP contribution >= 0.6 is 0 Å². The zero-order chi connectivity index (χ0) is 20.9. The molecule has 9 nitrogen and oxygen atoms in total. The van der Waals surface area contributed by atoms with Gasteiger partial charge in [-0.05, 0) is 38.1 Å². The number of anilines is 1. The molecule has 0 unspecified atom stereocenters. The van der Waals surface area contributed by atoms with Gasteiger partial charge in [0.25, 0.3) is 5.95 Å². The summed E-state index contributed by atoms with van der Waals surface area (Å²) in [7, 11) is 0. The number of H-pyrrole nitrogens is 1. The van der Waals surface area contributed by atoms with Gasteiger partial charge in [-0.25, -0.2) is 10.2 Å². The normalized spacial score (nSPS) is 11.3. The van der Waals surface area contributed by atoms with E-state index in [9.17, 15) is 4.79 Å². The molecule has 4 aromatic rings. The average Bonchev–Trinajstić information content (AvgIpc) is 3.10. The van der Waals surface area contributed by atoms with Crippen LogP contribution in [0.1, 0.15) is 18.1 Å². The maximum Gasteiger partial charge on any atom is 0.344 e. The second kappa shape index (κ2) is 8.56. The van der Waals surface area contributed by atoms with E-state index < -0.39 is 5.97 Å². The smallest absolute Gasteiger partial charge is 0.344 e. The number of nitrogens with zero attached hydrogens (tertiary/aromatic N) is 4. The van der Waals surface area contributed by atoms with Crippen LogP contribution in [0.15, 0.2) is 47.6 Å². The number of esters is 1. The van der Waals surface area contributed by atoms with Crippen LogP contribution in [-0.2, 0) is 9.53 Å². The van der Waals surface area contributed by atoms with E-state index in [2.05, 4.69) is 30.7 Å². The van der Waals surface area contributed by atoms with E-state index in [1.165, 1.54) is 0 Å². The number of hydrogen-bond donors (Lipinski definition) is 2. The van der Waals surface area contributed by atoms with Gasteiger partial charge in [-0.2, -0.15) is 10.1 Å².